The summed E-state index contributed by atoms with van der Waals surface area (Å²) >= 11 is 9.27. The van der Waals surface area contributed by atoms with Gasteiger partial charge in [-0.1, -0.05) is 27.5 Å². The van der Waals surface area contributed by atoms with Crippen LogP contribution in [-0.2, 0) is 21.4 Å². The number of benzene rings is 2. The van der Waals surface area contributed by atoms with E-state index in [0.29, 0.717) is 10.6 Å². The van der Waals surface area contributed by atoms with Gasteiger partial charge in [-0.05, 0) is 35.9 Å². The normalized spacial score (nSPS) is 11.2. The van der Waals surface area contributed by atoms with Gasteiger partial charge in [0.05, 0.1) is 9.82 Å². The molecule has 0 fully saturated rings. The van der Waals surface area contributed by atoms with Gasteiger partial charge in [-0.2, -0.15) is 0 Å². The highest BCUT2D eigenvalue weighted by Gasteiger charge is 2.17. The largest absolute Gasteiger partial charge is 0.341 e. The summed E-state index contributed by atoms with van der Waals surface area (Å²) in [4.78, 5) is 24.0. The number of nitro groups is 1. The topological polar surface area (TPSA) is 110 Å². The highest BCUT2D eigenvalue weighted by Crippen LogP contribution is 2.23. The number of nitrogens with one attached hydrogen (secondary N) is 1. The minimum absolute atomic E-state index is 0.0683. The SMILES string of the molecule is CN(Cc1cc([N+](=O)[O-])ccc1Cl)C(=O)CCNS(=O)(=O)c1ccc(Br)cc1. The molecular formula is C17H17BrClN3O5S. The number of carbonyl (C=O) groups is 1. The van der Waals surface area contributed by atoms with Crippen molar-refractivity contribution >= 4 is 49.1 Å². The number of nitro benzene ring substituents is 1. The Morgan fingerprint density at radius 3 is 2.50 bits per heavy atom. The summed E-state index contributed by atoms with van der Waals surface area (Å²) in [5, 5.41) is 11.2. The van der Waals surface area contributed by atoms with Gasteiger partial charge in [0.1, 0.15) is 0 Å². The van der Waals surface area contributed by atoms with E-state index in [9.17, 15) is 23.3 Å². The first-order valence-corrected chi connectivity index (χ1v) is 10.7. The lowest BCUT2D eigenvalue weighted by atomic mass is 10.2. The van der Waals surface area contributed by atoms with Gasteiger partial charge in [-0.3, -0.25) is 14.9 Å². The van der Waals surface area contributed by atoms with Gasteiger partial charge in [0.25, 0.3) is 5.69 Å². The van der Waals surface area contributed by atoms with Gasteiger partial charge in [-0.25, -0.2) is 13.1 Å². The minimum Gasteiger partial charge on any atom is -0.341 e. The Hall–Kier alpha value is -2.01. The molecule has 0 radical (unpaired) electrons. The maximum atomic E-state index is 12.3. The van der Waals surface area contributed by atoms with Crippen molar-refractivity contribution in [2.75, 3.05) is 13.6 Å². The van der Waals surface area contributed by atoms with Gasteiger partial charge in [-0.15, -0.1) is 0 Å². The first-order chi connectivity index (χ1) is 13.1. The van der Waals surface area contributed by atoms with Crippen molar-refractivity contribution in [2.45, 2.75) is 17.9 Å². The maximum Gasteiger partial charge on any atom is 0.269 e. The summed E-state index contributed by atoms with van der Waals surface area (Å²) in [7, 11) is -2.20. The molecule has 2 aromatic carbocycles. The van der Waals surface area contributed by atoms with Crippen molar-refractivity contribution in [1.29, 1.82) is 0 Å². The van der Waals surface area contributed by atoms with E-state index in [1.54, 1.807) is 12.1 Å². The predicted molar refractivity (Wildman–Crippen MR) is 109 cm³/mol. The van der Waals surface area contributed by atoms with Crippen molar-refractivity contribution in [2.24, 2.45) is 0 Å². The standard InChI is InChI=1S/C17H17BrClN3O5S/c1-21(11-12-10-14(22(24)25)4-7-16(12)19)17(23)8-9-20-28(26,27)15-5-2-13(18)3-6-15/h2-7,10,20H,8-9,11H2,1H3. The van der Waals surface area contributed by atoms with Crippen LogP contribution in [0.5, 0.6) is 0 Å². The van der Waals surface area contributed by atoms with Gasteiger partial charge in [0, 0.05) is 48.2 Å². The van der Waals surface area contributed by atoms with Crippen LogP contribution < -0.4 is 4.72 Å². The summed E-state index contributed by atoms with van der Waals surface area (Å²) in [6.07, 6.45) is -0.0706. The van der Waals surface area contributed by atoms with Crippen LogP contribution in [0.1, 0.15) is 12.0 Å². The van der Waals surface area contributed by atoms with E-state index in [2.05, 4.69) is 20.7 Å². The van der Waals surface area contributed by atoms with Crippen molar-refractivity contribution in [1.82, 2.24) is 9.62 Å². The summed E-state index contributed by atoms with van der Waals surface area (Å²) in [5.74, 6) is -0.332. The molecule has 0 aliphatic heterocycles. The van der Waals surface area contributed by atoms with E-state index in [4.69, 9.17) is 11.6 Å². The average molecular weight is 491 g/mol. The Balaban J connectivity index is 1.93. The predicted octanol–water partition coefficient (Wildman–Crippen LogP) is 3.34. The summed E-state index contributed by atoms with van der Waals surface area (Å²) in [6, 6.07) is 10.1. The molecule has 0 aliphatic carbocycles. The Morgan fingerprint density at radius 1 is 1.25 bits per heavy atom. The molecule has 0 aliphatic rings. The molecule has 1 amide bonds. The van der Waals surface area contributed by atoms with Crippen LogP contribution in [0.25, 0.3) is 0 Å². The fraction of sp³-hybridized carbons (Fsp3) is 0.235. The number of hydrogen-bond donors (Lipinski definition) is 1. The average Bonchev–Trinajstić information content (AvgIpc) is 2.63. The Bertz CT molecular complexity index is 983. The summed E-state index contributed by atoms with van der Waals surface area (Å²) in [5.41, 5.74) is 0.310. The molecule has 28 heavy (non-hydrogen) atoms. The molecule has 0 saturated heterocycles. The first kappa shape index (κ1) is 22.3. The van der Waals surface area contributed by atoms with E-state index in [1.807, 2.05) is 0 Å². The van der Waals surface area contributed by atoms with E-state index in [-0.39, 0.29) is 36.0 Å². The van der Waals surface area contributed by atoms with Crippen LogP contribution in [0.3, 0.4) is 0 Å². The maximum absolute atomic E-state index is 12.3. The lowest BCUT2D eigenvalue weighted by Gasteiger charge is -2.18. The molecule has 0 aromatic heterocycles. The fourth-order valence-corrected chi connectivity index (χ4v) is 3.79. The number of non-ortho nitro benzene ring substituents is 1. The zero-order valence-electron chi connectivity index (χ0n) is 14.8. The molecule has 2 aromatic rings. The smallest absolute Gasteiger partial charge is 0.269 e. The van der Waals surface area contributed by atoms with Crippen LogP contribution in [0.4, 0.5) is 5.69 Å². The molecule has 150 valence electrons. The molecule has 0 heterocycles. The van der Waals surface area contributed by atoms with Gasteiger partial charge in [0.2, 0.25) is 15.9 Å². The number of amides is 1. The highest BCUT2D eigenvalue weighted by molar-refractivity contribution is 9.10. The minimum atomic E-state index is -3.72. The van der Waals surface area contributed by atoms with Crippen LogP contribution in [0, 0.1) is 10.1 Å². The van der Waals surface area contributed by atoms with E-state index in [0.717, 1.165) is 4.47 Å². The Kier molecular flexibility index (Phi) is 7.53. The van der Waals surface area contributed by atoms with Crippen molar-refractivity contribution in [3.8, 4) is 0 Å². The number of hydrogen-bond acceptors (Lipinski definition) is 5. The zero-order chi connectivity index (χ0) is 20.9. The number of nitrogens with zero attached hydrogens (tertiary/aromatic N) is 2. The number of rotatable bonds is 8. The zero-order valence-corrected chi connectivity index (χ0v) is 17.9. The van der Waals surface area contributed by atoms with Gasteiger partial charge < -0.3 is 4.90 Å². The molecule has 0 spiro atoms. The molecule has 1 N–H and O–H groups in total. The highest BCUT2D eigenvalue weighted by atomic mass is 79.9. The van der Waals surface area contributed by atoms with Crippen LogP contribution in [-0.4, -0.2) is 37.7 Å². The second-order valence-electron chi connectivity index (χ2n) is 5.88. The molecule has 8 nitrogen and oxygen atoms in total. The van der Waals surface area contributed by atoms with Crippen LogP contribution in [0.2, 0.25) is 5.02 Å². The van der Waals surface area contributed by atoms with Crippen LogP contribution in [0.15, 0.2) is 51.8 Å². The third-order valence-corrected chi connectivity index (χ3v) is 6.20. The molecule has 0 saturated carbocycles. The Labute approximate surface area is 175 Å². The van der Waals surface area contributed by atoms with Crippen molar-refractivity contribution in [3.63, 3.8) is 0 Å². The molecule has 2 rings (SSSR count). The molecule has 0 atom stereocenters. The summed E-state index contributed by atoms with van der Waals surface area (Å²) in [6.45, 7) is -0.0109. The molecule has 0 bridgehead atoms. The second-order valence-corrected chi connectivity index (χ2v) is 8.97. The molecule has 11 heteroatoms. The quantitative estimate of drug-likeness (QED) is 0.451. The van der Waals surface area contributed by atoms with Crippen LogP contribution >= 0.6 is 27.5 Å². The fourth-order valence-electron chi connectivity index (χ4n) is 2.32. The number of halogens is 2. The third-order valence-electron chi connectivity index (χ3n) is 3.83. The van der Waals surface area contributed by atoms with Crippen molar-refractivity contribution < 1.29 is 18.1 Å². The monoisotopic (exact) mass is 489 g/mol. The van der Waals surface area contributed by atoms with Gasteiger partial charge >= 0.3 is 0 Å². The lowest BCUT2D eigenvalue weighted by molar-refractivity contribution is -0.384. The number of carbonyl (C=O) groups excluding carboxylic acids is 1. The van der Waals surface area contributed by atoms with Crippen molar-refractivity contribution in [3.05, 3.63) is 67.6 Å². The number of sulfonamides is 1. The van der Waals surface area contributed by atoms with E-state index in [1.165, 1.54) is 42.3 Å². The summed E-state index contributed by atoms with van der Waals surface area (Å²) < 4.78 is 27.5. The Morgan fingerprint density at radius 2 is 1.89 bits per heavy atom. The lowest BCUT2D eigenvalue weighted by Crippen LogP contribution is -2.32. The van der Waals surface area contributed by atoms with Gasteiger partial charge in [0.15, 0.2) is 0 Å². The second kappa shape index (κ2) is 9.46. The van der Waals surface area contributed by atoms with E-state index < -0.39 is 14.9 Å². The molecule has 0 unspecified atom stereocenters. The third kappa shape index (κ3) is 5.99. The molecular weight excluding hydrogens is 474 g/mol. The first-order valence-electron chi connectivity index (χ1n) is 8.02. The van der Waals surface area contributed by atoms with E-state index >= 15 is 0 Å².